The first-order valence-corrected chi connectivity index (χ1v) is 9.27. The van der Waals surface area contributed by atoms with Crippen molar-refractivity contribution in [2.24, 2.45) is 4.99 Å². The van der Waals surface area contributed by atoms with Gasteiger partial charge >= 0.3 is 0 Å². The molecule has 1 saturated carbocycles. The highest BCUT2D eigenvalue weighted by molar-refractivity contribution is 14.0. The predicted octanol–water partition coefficient (Wildman–Crippen LogP) is 3.00. The Morgan fingerprint density at radius 1 is 1.23 bits per heavy atom. The van der Waals surface area contributed by atoms with Crippen molar-refractivity contribution in [2.75, 3.05) is 26.7 Å². The summed E-state index contributed by atoms with van der Waals surface area (Å²) in [6.45, 7) is 4.99. The van der Waals surface area contributed by atoms with Crippen molar-refractivity contribution in [2.45, 2.75) is 50.8 Å². The van der Waals surface area contributed by atoms with E-state index in [-0.39, 0.29) is 35.9 Å². The standard InChI is InChI=1S/C19H29FN4O.HI/c1-14(25-18-7-3-15(20)4-8-18)13-22-19(21-2)23-16-9-11-24(12-10-16)17-5-6-17;/h3-4,7-8,14,16-17H,5-6,9-13H2,1-2H3,(H2,21,22,23);1H. The average molecular weight is 476 g/mol. The van der Waals surface area contributed by atoms with Gasteiger partial charge in [0, 0.05) is 32.2 Å². The van der Waals surface area contributed by atoms with Gasteiger partial charge in [0.25, 0.3) is 0 Å². The van der Waals surface area contributed by atoms with Crippen LogP contribution in [-0.4, -0.2) is 55.7 Å². The molecule has 5 nitrogen and oxygen atoms in total. The molecule has 2 aliphatic rings. The maximum Gasteiger partial charge on any atom is 0.191 e. The van der Waals surface area contributed by atoms with E-state index in [0.29, 0.717) is 18.3 Å². The SMILES string of the molecule is CN=C(NCC(C)Oc1ccc(F)cc1)NC1CCN(C2CC2)CC1.I. The normalized spacial score (nSPS) is 20.2. The van der Waals surface area contributed by atoms with Crippen molar-refractivity contribution in [3.05, 3.63) is 30.1 Å². The predicted molar refractivity (Wildman–Crippen MR) is 114 cm³/mol. The number of piperidine rings is 1. The fourth-order valence-corrected chi connectivity index (χ4v) is 3.26. The largest absolute Gasteiger partial charge is 0.489 e. The zero-order valence-corrected chi connectivity index (χ0v) is 17.9. The molecule has 3 rings (SSSR count). The fourth-order valence-electron chi connectivity index (χ4n) is 3.26. The maximum atomic E-state index is 12.9. The summed E-state index contributed by atoms with van der Waals surface area (Å²) in [5.41, 5.74) is 0. The molecule has 7 heteroatoms. The molecule has 1 saturated heterocycles. The van der Waals surface area contributed by atoms with E-state index in [1.807, 2.05) is 6.92 Å². The molecule has 1 heterocycles. The van der Waals surface area contributed by atoms with Crippen LogP contribution in [0.1, 0.15) is 32.6 Å². The highest BCUT2D eigenvalue weighted by atomic mass is 127. The number of halogens is 2. The van der Waals surface area contributed by atoms with Crippen LogP contribution < -0.4 is 15.4 Å². The number of hydrogen-bond donors (Lipinski definition) is 2. The minimum absolute atomic E-state index is 0. The second kappa shape index (κ2) is 10.3. The Kier molecular flexibility index (Phi) is 8.40. The van der Waals surface area contributed by atoms with Gasteiger partial charge in [-0.15, -0.1) is 24.0 Å². The molecule has 0 aromatic heterocycles. The van der Waals surface area contributed by atoms with Gasteiger partial charge in [-0.3, -0.25) is 4.99 Å². The topological polar surface area (TPSA) is 48.9 Å². The first kappa shape index (κ1) is 21.2. The number of nitrogens with zero attached hydrogens (tertiary/aromatic N) is 2. The Hall–Kier alpha value is -1.09. The number of ether oxygens (including phenoxy) is 1. The highest BCUT2D eigenvalue weighted by Crippen LogP contribution is 2.29. The molecular weight excluding hydrogens is 446 g/mol. The van der Waals surface area contributed by atoms with E-state index in [4.69, 9.17) is 4.74 Å². The molecule has 146 valence electrons. The summed E-state index contributed by atoms with van der Waals surface area (Å²) in [7, 11) is 1.79. The summed E-state index contributed by atoms with van der Waals surface area (Å²) in [5.74, 6) is 1.24. The van der Waals surface area contributed by atoms with Gasteiger partial charge in [0.05, 0.1) is 6.54 Å². The third-order valence-electron chi connectivity index (χ3n) is 4.87. The molecular formula is C19H30FIN4O. The lowest BCUT2D eigenvalue weighted by atomic mass is 10.1. The van der Waals surface area contributed by atoms with Crippen LogP contribution in [0.15, 0.2) is 29.3 Å². The van der Waals surface area contributed by atoms with E-state index >= 15 is 0 Å². The number of hydrogen-bond acceptors (Lipinski definition) is 3. The van der Waals surface area contributed by atoms with Crippen molar-refractivity contribution in [1.82, 2.24) is 15.5 Å². The lowest BCUT2D eigenvalue weighted by Gasteiger charge is -2.33. The Labute approximate surface area is 172 Å². The molecule has 0 spiro atoms. The Morgan fingerprint density at radius 3 is 2.46 bits per heavy atom. The van der Waals surface area contributed by atoms with E-state index in [0.717, 1.165) is 12.0 Å². The lowest BCUT2D eigenvalue weighted by Crippen LogP contribution is -2.50. The Morgan fingerprint density at radius 2 is 1.88 bits per heavy atom. The third kappa shape index (κ3) is 6.57. The van der Waals surface area contributed by atoms with Gasteiger partial charge in [-0.25, -0.2) is 4.39 Å². The average Bonchev–Trinajstić information content (AvgIpc) is 3.46. The van der Waals surface area contributed by atoms with Gasteiger partial charge in [0.2, 0.25) is 0 Å². The maximum absolute atomic E-state index is 12.9. The minimum atomic E-state index is -0.254. The number of rotatable bonds is 6. The van der Waals surface area contributed by atoms with Crippen LogP contribution in [0.25, 0.3) is 0 Å². The van der Waals surface area contributed by atoms with Crippen LogP contribution >= 0.6 is 24.0 Å². The van der Waals surface area contributed by atoms with Gasteiger partial charge in [-0.2, -0.15) is 0 Å². The molecule has 1 aromatic rings. The van der Waals surface area contributed by atoms with Crippen LogP contribution in [0.5, 0.6) is 5.75 Å². The first-order valence-electron chi connectivity index (χ1n) is 9.27. The molecule has 1 unspecified atom stereocenters. The van der Waals surface area contributed by atoms with Gasteiger partial charge in [-0.05, 0) is 56.9 Å². The summed E-state index contributed by atoms with van der Waals surface area (Å²) in [6.07, 6.45) is 5.05. The van der Waals surface area contributed by atoms with E-state index in [1.165, 1.54) is 50.9 Å². The minimum Gasteiger partial charge on any atom is -0.489 e. The molecule has 0 radical (unpaired) electrons. The number of guanidine groups is 1. The second-order valence-electron chi connectivity index (χ2n) is 7.02. The van der Waals surface area contributed by atoms with Gasteiger partial charge in [0.15, 0.2) is 5.96 Å². The first-order chi connectivity index (χ1) is 12.1. The molecule has 1 aliphatic carbocycles. The Balaban J connectivity index is 0.00000243. The van der Waals surface area contributed by atoms with Gasteiger partial charge < -0.3 is 20.3 Å². The van der Waals surface area contributed by atoms with E-state index in [2.05, 4.69) is 20.5 Å². The fraction of sp³-hybridized carbons (Fsp3) is 0.632. The van der Waals surface area contributed by atoms with E-state index < -0.39 is 0 Å². The number of likely N-dealkylation sites (tertiary alicyclic amines) is 1. The van der Waals surface area contributed by atoms with E-state index in [1.54, 1.807) is 19.2 Å². The summed E-state index contributed by atoms with van der Waals surface area (Å²) in [4.78, 5) is 6.93. The smallest absolute Gasteiger partial charge is 0.191 e. The summed E-state index contributed by atoms with van der Waals surface area (Å²) in [5, 5.41) is 6.84. The lowest BCUT2D eigenvalue weighted by molar-refractivity contribution is 0.196. The monoisotopic (exact) mass is 476 g/mol. The van der Waals surface area contributed by atoms with Crippen LogP contribution in [-0.2, 0) is 0 Å². The molecule has 1 atom stereocenters. The van der Waals surface area contributed by atoms with Crippen molar-refractivity contribution >= 4 is 29.9 Å². The quantitative estimate of drug-likeness (QED) is 0.377. The molecule has 2 fully saturated rings. The van der Waals surface area contributed by atoms with Crippen molar-refractivity contribution < 1.29 is 9.13 Å². The molecule has 26 heavy (non-hydrogen) atoms. The Bertz CT molecular complexity index is 571. The van der Waals surface area contributed by atoms with Crippen LogP contribution in [0.2, 0.25) is 0 Å². The molecule has 0 bridgehead atoms. The van der Waals surface area contributed by atoms with Crippen molar-refractivity contribution in [3.8, 4) is 5.75 Å². The summed E-state index contributed by atoms with van der Waals surface area (Å²) in [6, 6.07) is 7.45. The zero-order chi connectivity index (χ0) is 17.6. The summed E-state index contributed by atoms with van der Waals surface area (Å²) >= 11 is 0. The highest BCUT2D eigenvalue weighted by Gasteiger charge is 2.31. The molecule has 1 aliphatic heterocycles. The second-order valence-corrected chi connectivity index (χ2v) is 7.02. The van der Waals surface area contributed by atoms with Gasteiger partial charge in [-0.1, -0.05) is 0 Å². The molecule has 0 amide bonds. The number of benzene rings is 1. The number of aliphatic imine (C=N–C) groups is 1. The van der Waals surface area contributed by atoms with Crippen molar-refractivity contribution in [1.29, 1.82) is 0 Å². The third-order valence-corrected chi connectivity index (χ3v) is 4.87. The van der Waals surface area contributed by atoms with Crippen LogP contribution in [0.4, 0.5) is 4.39 Å². The summed E-state index contributed by atoms with van der Waals surface area (Å²) < 4.78 is 18.7. The van der Waals surface area contributed by atoms with Crippen LogP contribution in [0, 0.1) is 5.82 Å². The molecule has 2 N–H and O–H groups in total. The zero-order valence-electron chi connectivity index (χ0n) is 15.6. The molecule has 1 aromatic carbocycles. The van der Waals surface area contributed by atoms with Crippen LogP contribution in [0.3, 0.4) is 0 Å². The van der Waals surface area contributed by atoms with Gasteiger partial charge in [0.1, 0.15) is 17.7 Å². The number of nitrogens with one attached hydrogen (secondary N) is 2. The van der Waals surface area contributed by atoms with E-state index in [9.17, 15) is 4.39 Å². The van der Waals surface area contributed by atoms with Crippen molar-refractivity contribution in [3.63, 3.8) is 0 Å².